The van der Waals surface area contributed by atoms with Crippen LogP contribution in [0.1, 0.15) is 61.0 Å². The molecule has 47 heavy (non-hydrogen) atoms. The zero-order valence-corrected chi connectivity index (χ0v) is 28.8. The van der Waals surface area contributed by atoms with Crippen LogP contribution in [0.5, 0.6) is 0 Å². The van der Waals surface area contributed by atoms with Crippen molar-refractivity contribution in [1.29, 1.82) is 0 Å². The lowest BCUT2D eigenvalue weighted by Crippen LogP contribution is -2.46. The highest BCUT2D eigenvalue weighted by molar-refractivity contribution is 7.85. The Balaban J connectivity index is 2.55. The van der Waals surface area contributed by atoms with Gasteiger partial charge in [-0.05, 0) is 29.2 Å². The van der Waals surface area contributed by atoms with E-state index < -0.39 is 64.7 Å². The van der Waals surface area contributed by atoms with Crippen molar-refractivity contribution >= 4 is 75.1 Å². The van der Waals surface area contributed by atoms with Gasteiger partial charge in [0.2, 0.25) is 6.10 Å². The van der Waals surface area contributed by atoms with Gasteiger partial charge >= 0.3 is 24.1 Å². The number of carbonyl (C=O) groups excluding carboxylic acids is 3. The standard InChI is InChI=1S/C28H39B6F3O9S/c1-27(26(40)46-21(28(35,36)37)12-47(41,42)43,13-44-24(38)22-17(8-31)4-2-15(6-29)19(22)10-33)14-45-25(39)23-18(9-32)5-3-16(7-30)20(23)11-34/h2-5,21H,6-14,29-34H2,1H3,(H,41,42,43). The molecule has 0 aliphatic carbocycles. The minimum absolute atomic E-state index is 0.276. The first kappa shape index (κ1) is 40.1. The van der Waals surface area contributed by atoms with Gasteiger partial charge in [0.25, 0.3) is 10.1 Å². The van der Waals surface area contributed by atoms with Gasteiger partial charge in [0.1, 0.15) is 71.5 Å². The van der Waals surface area contributed by atoms with Crippen LogP contribution in [0.2, 0.25) is 0 Å². The van der Waals surface area contributed by atoms with Crippen LogP contribution in [-0.2, 0) is 67.0 Å². The highest BCUT2D eigenvalue weighted by atomic mass is 32.2. The highest BCUT2D eigenvalue weighted by Crippen LogP contribution is 2.30. The van der Waals surface area contributed by atoms with Gasteiger partial charge in [0.05, 0.1) is 11.1 Å². The fourth-order valence-electron chi connectivity index (χ4n) is 5.46. The van der Waals surface area contributed by atoms with Crippen molar-refractivity contribution in [2.24, 2.45) is 5.41 Å². The van der Waals surface area contributed by atoms with E-state index in [0.29, 0.717) is 49.0 Å². The first-order valence-corrected chi connectivity index (χ1v) is 17.4. The molecule has 1 N–H and O–H groups in total. The third kappa shape index (κ3) is 10.2. The molecule has 0 saturated heterocycles. The molecule has 19 heteroatoms. The van der Waals surface area contributed by atoms with E-state index in [9.17, 15) is 36.0 Å². The number of ether oxygens (including phenoxy) is 3. The van der Waals surface area contributed by atoms with E-state index >= 15 is 0 Å². The molecule has 0 radical (unpaired) electrons. The third-order valence-electron chi connectivity index (χ3n) is 8.14. The molecule has 0 saturated carbocycles. The second kappa shape index (κ2) is 16.9. The number of esters is 3. The summed E-state index contributed by atoms with van der Waals surface area (Å²) in [5.74, 6) is -5.26. The first-order chi connectivity index (χ1) is 21.9. The lowest BCUT2D eigenvalue weighted by Gasteiger charge is -2.30. The molecule has 2 aromatic rings. The number of hydrogen-bond acceptors (Lipinski definition) is 8. The molecule has 0 heterocycles. The lowest BCUT2D eigenvalue weighted by molar-refractivity contribution is -0.222. The number of halogens is 3. The maximum absolute atomic E-state index is 13.7. The van der Waals surface area contributed by atoms with Gasteiger partial charge in [-0.25, -0.2) is 9.59 Å². The SMILES string of the molecule is BCc1ccc(CB)c(C(=O)OCC(C)(COC(=O)c2c(CB)ccc(CB)c2CB)C(=O)OC(CS(=O)(=O)O)C(F)(F)F)c1CB. The fraction of sp³-hybridized carbons (Fsp3) is 0.464. The predicted molar refractivity (Wildman–Crippen MR) is 187 cm³/mol. The zero-order valence-electron chi connectivity index (χ0n) is 28.0. The summed E-state index contributed by atoms with van der Waals surface area (Å²) >= 11 is 0. The van der Waals surface area contributed by atoms with Gasteiger partial charge in [-0.2, -0.15) is 21.6 Å². The van der Waals surface area contributed by atoms with Crippen molar-refractivity contribution in [3.63, 3.8) is 0 Å². The average molecular weight is 674 g/mol. The van der Waals surface area contributed by atoms with Crippen molar-refractivity contribution in [3.8, 4) is 0 Å². The fourth-order valence-corrected chi connectivity index (χ4v) is 6.10. The Bertz CT molecular complexity index is 1490. The molecule has 0 aromatic heterocycles. The summed E-state index contributed by atoms with van der Waals surface area (Å²) in [7, 11) is 6.01. The van der Waals surface area contributed by atoms with Crippen molar-refractivity contribution in [1.82, 2.24) is 0 Å². The number of benzene rings is 2. The topological polar surface area (TPSA) is 133 Å². The molecule has 2 aromatic carbocycles. The number of hydrogen-bond donors (Lipinski definition) is 1. The van der Waals surface area contributed by atoms with Gasteiger partial charge in [-0.15, -0.1) is 0 Å². The number of alkyl halides is 3. The Morgan fingerprint density at radius 2 is 1.09 bits per heavy atom. The molecule has 2 rings (SSSR count). The molecule has 0 amide bonds. The van der Waals surface area contributed by atoms with Crippen molar-refractivity contribution in [2.75, 3.05) is 19.0 Å². The van der Waals surface area contributed by atoms with Crippen molar-refractivity contribution in [3.05, 3.63) is 68.8 Å². The average Bonchev–Trinajstić information content (AvgIpc) is 3.02. The molecule has 0 spiro atoms. The molecule has 1 unspecified atom stereocenters. The van der Waals surface area contributed by atoms with Crippen LogP contribution in [0.15, 0.2) is 24.3 Å². The van der Waals surface area contributed by atoms with Crippen LogP contribution in [-0.4, -0.2) is 109 Å². The molecular weight excluding hydrogens is 634 g/mol. The minimum atomic E-state index is -5.38. The smallest absolute Gasteiger partial charge is 0.426 e. The molecular formula is C28H39B6F3O9S. The largest absolute Gasteiger partial charge is 0.461 e. The summed E-state index contributed by atoms with van der Waals surface area (Å²) < 4.78 is 88.6. The summed E-state index contributed by atoms with van der Waals surface area (Å²) in [5, 5.41) is 0. The summed E-state index contributed by atoms with van der Waals surface area (Å²) in [6.45, 7) is -0.648. The van der Waals surface area contributed by atoms with E-state index in [1.165, 1.54) is 0 Å². The molecule has 0 aliphatic heterocycles. The zero-order chi connectivity index (χ0) is 35.7. The molecule has 9 nitrogen and oxygen atoms in total. The minimum Gasteiger partial charge on any atom is -0.461 e. The second-order valence-corrected chi connectivity index (χ2v) is 13.0. The summed E-state index contributed by atoms with van der Waals surface area (Å²) in [6, 6.07) is 7.39. The third-order valence-corrected chi connectivity index (χ3v) is 8.87. The molecule has 0 fully saturated rings. The van der Waals surface area contributed by atoms with Crippen molar-refractivity contribution < 1.29 is 54.7 Å². The summed E-state index contributed by atoms with van der Waals surface area (Å²) in [5.41, 5.74) is 2.94. The van der Waals surface area contributed by atoms with Crippen LogP contribution in [0.4, 0.5) is 13.2 Å². The van der Waals surface area contributed by atoms with E-state index in [2.05, 4.69) is 4.74 Å². The van der Waals surface area contributed by atoms with E-state index in [1.54, 1.807) is 12.1 Å². The van der Waals surface area contributed by atoms with E-state index in [4.69, 9.17) is 14.0 Å². The number of carbonyl (C=O) groups is 3. The van der Waals surface area contributed by atoms with E-state index in [1.807, 2.05) is 59.2 Å². The quantitative estimate of drug-likeness (QED) is 0.0919. The van der Waals surface area contributed by atoms with Gasteiger partial charge in [0, 0.05) is 0 Å². The Labute approximate surface area is 279 Å². The Morgan fingerprint density at radius 1 is 0.723 bits per heavy atom. The van der Waals surface area contributed by atoms with Crippen LogP contribution >= 0.6 is 0 Å². The van der Waals surface area contributed by atoms with Crippen LogP contribution in [0.3, 0.4) is 0 Å². The molecule has 0 aliphatic rings. The van der Waals surface area contributed by atoms with Gasteiger partial charge in [-0.1, -0.05) is 73.3 Å². The molecule has 0 bridgehead atoms. The van der Waals surface area contributed by atoms with Gasteiger partial charge < -0.3 is 14.2 Å². The second-order valence-electron chi connectivity index (χ2n) is 11.5. The van der Waals surface area contributed by atoms with Crippen LogP contribution in [0.25, 0.3) is 0 Å². The van der Waals surface area contributed by atoms with E-state index in [0.717, 1.165) is 29.2 Å². The van der Waals surface area contributed by atoms with Crippen LogP contribution in [0, 0.1) is 5.41 Å². The maximum atomic E-state index is 13.7. The Kier molecular flexibility index (Phi) is 14.4. The lowest BCUT2D eigenvalue weighted by atomic mass is 9.80. The number of rotatable bonds is 16. The van der Waals surface area contributed by atoms with Gasteiger partial charge in [0.15, 0.2) is 0 Å². The molecule has 250 valence electrons. The first-order valence-electron chi connectivity index (χ1n) is 15.7. The van der Waals surface area contributed by atoms with Crippen LogP contribution < -0.4 is 0 Å². The summed E-state index contributed by atoms with van der Waals surface area (Å²) in [4.78, 5) is 40.5. The Hall–Kier alpha value is -3.06. The van der Waals surface area contributed by atoms with E-state index in [-0.39, 0.29) is 11.1 Å². The highest BCUT2D eigenvalue weighted by Gasteiger charge is 2.49. The maximum Gasteiger partial charge on any atom is 0.426 e. The van der Waals surface area contributed by atoms with Gasteiger partial charge in [-0.3, -0.25) is 9.35 Å². The normalized spacial score (nSPS) is 12.7. The predicted octanol–water partition coefficient (Wildman–Crippen LogP) is -2.13. The summed E-state index contributed by atoms with van der Waals surface area (Å²) in [6.07, 6.45) is -5.46. The van der Waals surface area contributed by atoms with Crippen molar-refractivity contribution in [2.45, 2.75) is 57.1 Å². The monoisotopic (exact) mass is 674 g/mol. The Morgan fingerprint density at radius 3 is 1.38 bits per heavy atom. The molecule has 1 atom stereocenters.